The van der Waals surface area contributed by atoms with Crippen molar-refractivity contribution in [1.82, 2.24) is 4.90 Å². The third kappa shape index (κ3) is 7.52. The number of ether oxygens (including phenoxy) is 3. The van der Waals surface area contributed by atoms with Crippen LogP contribution in [0.25, 0.3) is 0 Å². The molecule has 0 amide bonds. The van der Waals surface area contributed by atoms with Crippen LogP contribution in [-0.2, 0) is 11.3 Å². The topological polar surface area (TPSA) is 54.4 Å². The number of benzene rings is 2. The van der Waals surface area contributed by atoms with Crippen LogP contribution < -0.4 is 14.4 Å². The molecule has 1 aliphatic heterocycles. The number of anilines is 1. The Morgan fingerprint density at radius 1 is 0.933 bits per heavy atom. The van der Waals surface area contributed by atoms with Gasteiger partial charge in [-0.25, -0.2) is 0 Å². The number of halogens is 2. The van der Waals surface area contributed by atoms with E-state index >= 15 is 0 Å². The van der Waals surface area contributed by atoms with E-state index in [9.17, 15) is 5.11 Å². The summed E-state index contributed by atoms with van der Waals surface area (Å²) in [5, 5.41) is 10.4. The van der Waals surface area contributed by atoms with E-state index < -0.39 is 6.10 Å². The lowest BCUT2D eigenvalue weighted by Gasteiger charge is -2.36. The minimum Gasteiger partial charge on any atom is -0.497 e. The SMILES string of the molecule is COc1ccc(OC)c(COCC(O)CN2CCN(c3ccccc3)CC2)c1.Cl.Cl. The molecule has 2 aromatic carbocycles. The van der Waals surface area contributed by atoms with Gasteiger partial charge >= 0.3 is 0 Å². The molecule has 0 aromatic heterocycles. The Morgan fingerprint density at radius 2 is 1.63 bits per heavy atom. The fourth-order valence-corrected chi connectivity index (χ4v) is 3.48. The number of nitrogens with zero attached hydrogens (tertiary/aromatic N) is 2. The zero-order valence-corrected chi connectivity index (χ0v) is 19.2. The molecule has 1 fully saturated rings. The first-order valence-electron chi connectivity index (χ1n) is 9.68. The number of piperazine rings is 1. The van der Waals surface area contributed by atoms with E-state index in [1.807, 2.05) is 24.3 Å². The Labute approximate surface area is 191 Å². The first-order chi connectivity index (χ1) is 13.7. The zero-order valence-electron chi connectivity index (χ0n) is 17.5. The van der Waals surface area contributed by atoms with Crippen molar-refractivity contribution < 1.29 is 19.3 Å². The van der Waals surface area contributed by atoms with E-state index in [4.69, 9.17) is 14.2 Å². The molecule has 0 saturated carbocycles. The van der Waals surface area contributed by atoms with Gasteiger partial charge in [-0.1, -0.05) is 18.2 Å². The highest BCUT2D eigenvalue weighted by atomic mass is 35.5. The predicted octanol–water partition coefficient (Wildman–Crippen LogP) is 3.25. The number of aliphatic hydroxyl groups is 1. The van der Waals surface area contributed by atoms with Crippen LogP contribution in [0.5, 0.6) is 11.5 Å². The first-order valence-corrected chi connectivity index (χ1v) is 9.68. The summed E-state index contributed by atoms with van der Waals surface area (Å²) in [7, 11) is 3.27. The average Bonchev–Trinajstić information content (AvgIpc) is 2.74. The fourth-order valence-electron chi connectivity index (χ4n) is 3.48. The first kappa shape index (κ1) is 26.3. The van der Waals surface area contributed by atoms with Crippen LogP contribution >= 0.6 is 24.8 Å². The predicted molar refractivity (Wildman–Crippen MR) is 125 cm³/mol. The molecule has 0 spiro atoms. The maximum absolute atomic E-state index is 10.4. The highest BCUT2D eigenvalue weighted by Gasteiger charge is 2.19. The van der Waals surface area contributed by atoms with Crippen molar-refractivity contribution in [3.8, 4) is 11.5 Å². The van der Waals surface area contributed by atoms with Crippen LogP contribution in [-0.4, -0.2) is 69.7 Å². The monoisotopic (exact) mass is 458 g/mol. The van der Waals surface area contributed by atoms with Gasteiger partial charge in [0.2, 0.25) is 0 Å². The van der Waals surface area contributed by atoms with Crippen molar-refractivity contribution >= 4 is 30.5 Å². The van der Waals surface area contributed by atoms with Crippen molar-refractivity contribution in [2.75, 3.05) is 58.5 Å². The van der Waals surface area contributed by atoms with Crippen LogP contribution in [0.1, 0.15) is 5.56 Å². The summed E-state index contributed by atoms with van der Waals surface area (Å²) in [5.41, 5.74) is 2.17. The minimum absolute atomic E-state index is 0. The van der Waals surface area contributed by atoms with Crippen LogP contribution in [0.4, 0.5) is 5.69 Å². The normalized spacial score (nSPS) is 15.0. The van der Waals surface area contributed by atoms with Crippen LogP contribution in [0.3, 0.4) is 0 Å². The van der Waals surface area contributed by atoms with Gasteiger partial charge in [-0.2, -0.15) is 0 Å². The molecule has 0 radical (unpaired) electrons. The molecule has 6 nitrogen and oxygen atoms in total. The second-order valence-electron chi connectivity index (χ2n) is 6.97. The summed E-state index contributed by atoms with van der Waals surface area (Å²) in [4.78, 5) is 4.67. The minimum atomic E-state index is -0.514. The van der Waals surface area contributed by atoms with Crippen molar-refractivity contribution in [3.05, 3.63) is 54.1 Å². The number of para-hydroxylation sites is 1. The van der Waals surface area contributed by atoms with Crippen molar-refractivity contribution in [3.63, 3.8) is 0 Å². The Balaban J connectivity index is 0.00000225. The molecule has 168 valence electrons. The lowest BCUT2D eigenvalue weighted by Crippen LogP contribution is -2.49. The third-order valence-corrected chi connectivity index (χ3v) is 5.02. The molecule has 1 aliphatic rings. The van der Waals surface area contributed by atoms with Crippen LogP contribution in [0, 0.1) is 0 Å². The summed E-state index contributed by atoms with van der Waals surface area (Å²) in [6, 6.07) is 16.1. The summed E-state index contributed by atoms with van der Waals surface area (Å²) in [6.45, 7) is 5.11. The Hall–Kier alpha value is -1.70. The molecule has 2 aromatic rings. The molecule has 1 heterocycles. The van der Waals surface area contributed by atoms with Gasteiger partial charge in [0.25, 0.3) is 0 Å². The smallest absolute Gasteiger partial charge is 0.124 e. The quantitative estimate of drug-likeness (QED) is 0.622. The van der Waals surface area contributed by atoms with Gasteiger partial charge in [0.1, 0.15) is 11.5 Å². The number of aliphatic hydroxyl groups excluding tert-OH is 1. The number of methoxy groups -OCH3 is 2. The van der Waals surface area contributed by atoms with Crippen LogP contribution in [0.15, 0.2) is 48.5 Å². The summed E-state index contributed by atoms with van der Waals surface area (Å²) in [6.07, 6.45) is -0.514. The van der Waals surface area contributed by atoms with Crippen LogP contribution in [0.2, 0.25) is 0 Å². The average molecular weight is 459 g/mol. The molecule has 0 aliphatic carbocycles. The van der Waals surface area contributed by atoms with E-state index in [0.29, 0.717) is 19.8 Å². The molecular weight excluding hydrogens is 427 g/mol. The molecule has 1 atom stereocenters. The largest absolute Gasteiger partial charge is 0.497 e. The van der Waals surface area contributed by atoms with Crippen molar-refractivity contribution in [2.45, 2.75) is 12.7 Å². The maximum atomic E-state index is 10.4. The lowest BCUT2D eigenvalue weighted by atomic mass is 10.2. The number of hydrogen-bond donors (Lipinski definition) is 1. The van der Waals surface area contributed by atoms with E-state index in [1.165, 1.54) is 5.69 Å². The number of β-amino-alcohol motifs (C(OH)–C–C–N with tert-alkyl or cyclic N) is 1. The second kappa shape index (κ2) is 13.6. The maximum Gasteiger partial charge on any atom is 0.124 e. The summed E-state index contributed by atoms with van der Waals surface area (Å²) in [5.74, 6) is 1.52. The van der Waals surface area contributed by atoms with E-state index in [2.05, 4.69) is 34.1 Å². The standard InChI is InChI=1S/C22H30N2O4.2ClH/c1-26-21-8-9-22(27-2)18(14-21)16-28-17-20(25)15-23-10-12-24(13-11-23)19-6-4-3-5-7-19;;/h3-9,14,20,25H,10-13,15-17H2,1-2H3;2*1H. The van der Waals surface area contributed by atoms with Gasteiger partial charge in [0.15, 0.2) is 0 Å². The molecule has 30 heavy (non-hydrogen) atoms. The molecular formula is C22H32Cl2N2O4. The van der Waals surface area contributed by atoms with E-state index in [0.717, 1.165) is 43.2 Å². The van der Waals surface area contributed by atoms with Gasteiger partial charge in [0, 0.05) is 44.0 Å². The van der Waals surface area contributed by atoms with E-state index in [1.54, 1.807) is 14.2 Å². The van der Waals surface area contributed by atoms with Crippen molar-refractivity contribution in [1.29, 1.82) is 0 Å². The third-order valence-electron chi connectivity index (χ3n) is 5.02. The zero-order chi connectivity index (χ0) is 19.8. The van der Waals surface area contributed by atoms with Gasteiger partial charge in [-0.05, 0) is 30.3 Å². The van der Waals surface area contributed by atoms with E-state index in [-0.39, 0.29) is 24.8 Å². The lowest BCUT2D eigenvalue weighted by molar-refractivity contribution is 0.00862. The molecule has 3 rings (SSSR count). The van der Waals surface area contributed by atoms with Gasteiger partial charge in [-0.3, -0.25) is 4.90 Å². The number of hydrogen-bond acceptors (Lipinski definition) is 6. The summed E-state index contributed by atoms with van der Waals surface area (Å²) < 4.78 is 16.3. The molecule has 8 heteroatoms. The van der Waals surface area contributed by atoms with Crippen molar-refractivity contribution in [2.24, 2.45) is 0 Å². The number of rotatable bonds is 9. The van der Waals surface area contributed by atoms with Gasteiger partial charge in [0.05, 0.1) is 33.5 Å². The summed E-state index contributed by atoms with van der Waals surface area (Å²) >= 11 is 0. The van der Waals surface area contributed by atoms with Gasteiger partial charge < -0.3 is 24.2 Å². The highest BCUT2D eigenvalue weighted by molar-refractivity contribution is 5.85. The van der Waals surface area contributed by atoms with Gasteiger partial charge in [-0.15, -0.1) is 24.8 Å². The fraction of sp³-hybridized carbons (Fsp3) is 0.455. The molecule has 1 N–H and O–H groups in total. The molecule has 0 bridgehead atoms. The Morgan fingerprint density at radius 3 is 2.27 bits per heavy atom. The Kier molecular flexibility index (Phi) is 11.9. The molecule has 1 saturated heterocycles. The molecule has 1 unspecified atom stereocenters. The Bertz CT molecular complexity index is 728. The second-order valence-corrected chi connectivity index (χ2v) is 6.97. The highest BCUT2D eigenvalue weighted by Crippen LogP contribution is 2.24.